The van der Waals surface area contributed by atoms with Crippen molar-refractivity contribution < 1.29 is 4.79 Å². The van der Waals surface area contributed by atoms with Crippen molar-refractivity contribution in [1.82, 2.24) is 15.3 Å². The van der Waals surface area contributed by atoms with E-state index in [-0.39, 0.29) is 12.1 Å². The smallest absolute Gasteiger partial charge is 0.147 e. The Morgan fingerprint density at radius 2 is 1.90 bits per heavy atom. The van der Waals surface area contributed by atoms with Crippen LogP contribution in [0.4, 0.5) is 0 Å². The van der Waals surface area contributed by atoms with E-state index in [2.05, 4.69) is 57.7 Å². The van der Waals surface area contributed by atoms with Gasteiger partial charge < -0.3 is 0 Å². The van der Waals surface area contributed by atoms with Crippen molar-refractivity contribution in [3.63, 3.8) is 0 Å². The standard InChI is InChI=1S/C25H28ClN3O/c26-15-23(19-7-2-1-3-8-19)27-29-21(17-30)11-10-20-16-28-13-12-18-6-4-5-9-22(18)25(28)14-24(20)29/h1-9,20,23-25,27H,10-16H2/t20-,23+,24+,25-/m1/s1. The molecular weight excluding hydrogens is 394 g/mol. The first-order valence-electron chi connectivity index (χ1n) is 11.0. The van der Waals surface area contributed by atoms with Crippen LogP contribution in [0, 0.1) is 5.92 Å². The summed E-state index contributed by atoms with van der Waals surface area (Å²) in [5.74, 6) is 3.22. The molecule has 3 aliphatic heterocycles. The lowest BCUT2D eigenvalue weighted by Gasteiger charge is -2.53. The molecule has 2 aromatic carbocycles. The van der Waals surface area contributed by atoms with E-state index in [1.165, 1.54) is 11.1 Å². The maximum atomic E-state index is 11.8. The lowest BCUT2D eigenvalue weighted by atomic mass is 9.76. The van der Waals surface area contributed by atoms with E-state index < -0.39 is 0 Å². The first-order chi connectivity index (χ1) is 14.8. The Balaban J connectivity index is 1.44. The molecule has 0 radical (unpaired) electrons. The predicted octanol–water partition coefficient (Wildman–Crippen LogP) is 4.27. The molecular formula is C25H28ClN3O. The van der Waals surface area contributed by atoms with Crippen molar-refractivity contribution in [2.45, 2.75) is 43.8 Å². The number of hydrogen-bond acceptors (Lipinski definition) is 4. The highest BCUT2D eigenvalue weighted by atomic mass is 35.5. The van der Waals surface area contributed by atoms with E-state index in [0.717, 1.165) is 50.0 Å². The number of allylic oxidation sites excluding steroid dienone is 1. The summed E-state index contributed by atoms with van der Waals surface area (Å²) in [6.45, 7) is 2.22. The van der Waals surface area contributed by atoms with Gasteiger partial charge in [0.15, 0.2) is 0 Å². The van der Waals surface area contributed by atoms with Crippen LogP contribution in [0.3, 0.4) is 0 Å². The van der Waals surface area contributed by atoms with Crippen LogP contribution in [0.15, 0.2) is 60.3 Å². The summed E-state index contributed by atoms with van der Waals surface area (Å²) in [6, 6.07) is 19.8. The molecule has 2 fully saturated rings. The van der Waals surface area contributed by atoms with Gasteiger partial charge in [0.05, 0.1) is 12.1 Å². The summed E-state index contributed by atoms with van der Waals surface area (Å²) in [5.41, 5.74) is 8.43. The number of hydrogen-bond donors (Lipinski definition) is 1. The number of nitrogens with zero attached hydrogens (tertiary/aromatic N) is 2. The van der Waals surface area contributed by atoms with Gasteiger partial charge in [-0.1, -0.05) is 54.6 Å². The molecule has 0 amide bonds. The third-order valence-corrected chi connectivity index (χ3v) is 7.45. The quantitative estimate of drug-likeness (QED) is 0.590. The fraction of sp³-hybridized carbons (Fsp3) is 0.440. The molecule has 2 saturated heterocycles. The Bertz CT molecular complexity index is 942. The van der Waals surface area contributed by atoms with Crippen LogP contribution < -0.4 is 5.43 Å². The summed E-state index contributed by atoms with van der Waals surface area (Å²) in [7, 11) is 0. The molecule has 4 atom stereocenters. The van der Waals surface area contributed by atoms with Gasteiger partial charge in [0.25, 0.3) is 0 Å². The van der Waals surface area contributed by atoms with Gasteiger partial charge in [0.1, 0.15) is 11.6 Å². The second-order valence-corrected chi connectivity index (χ2v) is 9.04. The molecule has 2 aromatic rings. The van der Waals surface area contributed by atoms with Crippen LogP contribution in [0.1, 0.15) is 48.0 Å². The monoisotopic (exact) mass is 421 g/mol. The molecule has 5 rings (SSSR count). The molecule has 3 heterocycles. The minimum absolute atomic E-state index is 0.0355. The fourth-order valence-electron chi connectivity index (χ4n) is 5.61. The summed E-state index contributed by atoms with van der Waals surface area (Å²) in [5, 5.41) is 2.13. The van der Waals surface area contributed by atoms with Crippen molar-refractivity contribution in [2.75, 3.05) is 19.0 Å². The molecule has 156 valence electrons. The summed E-state index contributed by atoms with van der Waals surface area (Å²) < 4.78 is 0. The van der Waals surface area contributed by atoms with Gasteiger partial charge in [-0.2, -0.15) is 0 Å². The van der Waals surface area contributed by atoms with Gasteiger partial charge in [-0.25, -0.2) is 10.2 Å². The summed E-state index contributed by atoms with van der Waals surface area (Å²) in [4.78, 5) is 14.5. The zero-order valence-corrected chi connectivity index (χ0v) is 17.9. The number of halogens is 1. The van der Waals surface area contributed by atoms with E-state index in [1.807, 2.05) is 18.2 Å². The molecule has 0 spiro atoms. The van der Waals surface area contributed by atoms with Gasteiger partial charge >= 0.3 is 0 Å². The van der Waals surface area contributed by atoms with Gasteiger partial charge in [0.2, 0.25) is 0 Å². The maximum Gasteiger partial charge on any atom is 0.147 e. The molecule has 0 aliphatic carbocycles. The van der Waals surface area contributed by atoms with Crippen LogP contribution in [0.25, 0.3) is 0 Å². The van der Waals surface area contributed by atoms with Crippen molar-refractivity contribution >= 4 is 17.5 Å². The number of benzene rings is 2. The number of hydrazine groups is 1. The molecule has 0 saturated carbocycles. The minimum Gasteiger partial charge on any atom is -0.298 e. The molecule has 0 unspecified atom stereocenters. The summed E-state index contributed by atoms with van der Waals surface area (Å²) in [6.07, 6.45) is 3.98. The van der Waals surface area contributed by atoms with Gasteiger partial charge in [-0.05, 0) is 48.3 Å². The lowest BCUT2D eigenvalue weighted by Crippen LogP contribution is -2.59. The number of nitrogens with one attached hydrogen (secondary N) is 1. The molecule has 5 heteroatoms. The highest BCUT2D eigenvalue weighted by molar-refractivity contribution is 6.18. The fourth-order valence-corrected chi connectivity index (χ4v) is 5.86. The average Bonchev–Trinajstić information content (AvgIpc) is 2.81. The zero-order valence-electron chi connectivity index (χ0n) is 17.1. The Morgan fingerprint density at radius 1 is 1.10 bits per heavy atom. The summed E-state index contributed by atoms with van der Waals surface area (Å²) >= 11 is 6.36. The Morgan fingerprint density at radius 3 is 2.70 bits per heavy atom. The van der Waals surface area contributed by atoms with Crippen LogP contribution in [0.2, 0.25) is 0 Å². The first kappa shape index (κ1) is 19.8. The number of fused-ring (bicyclic) bond motifs is 4. The third-order valence-electron chi connectivity index (χ3n) is 7.14. The van der Waals surface area contributed by atoms with Crippen molar-refractivity contribution in [1.29, 1.82) is 0 Å². The van der Waals surface area contributed by atoms with Crippen molar-refractivity contribution in [2.24, 2.45) is 5.92 Å². The normalized spacial score (nSPS) is 26.9. The van der Waals surface area contributed by atoms with Gasteiger partial charge in [-0.3, -0.25) is 9.91 Å². The van der Waals surface area contributed by atoms with Crippen LogP contribution in [0.5, 0.6) is 0 Å². The molecule has 0 aromatic heterocycles. The van der Waals surface area contributed by atoms with Gasteiger partial charge in [-0.15, -0.1) is 11.6 Å². The van der Waals surface area contributed by atoms with Crippen LogP contribution in [-0.4, -0.2) is 40.9 Å². The van der Waals surface area contributed by atoms with Crippen LogP contribution in [-0.2, 0) is 11.2 Å². The lowest BCUT2D eigenvalue weighted by molar-refractivity contribution is -0.0185. The SMILES string of the molecule is O=C=C1CC[C@@H]2CN3CCc4ccccc4[C@H]3C[C@@H]2N1N[C@@H](CCl)c1ccccc1. The number of alkyl halides is 1. The highest BCUT2D eigenvalue weighted by Crippen LogP contribution is 2.44. The number of carbonyl (C=O) groups excluding carboxylic acids is 1. The average molecular weight is 422 g/mol. The molecule has 4 nitrogen and oxygen atoms in total. The number of rotatable bonds is 4. The first-order valence-corrected chi connectivity index (χ1v) is 11.5. The van der Waals surface area contributed by atoms with E-state index >= 15 is 0 Å². The topological polar surface area (TPSA) is 35.6 Å². The molecule has 30 heavy (non-hydrogen) atoms. The largest absolute Gasteiger partial charge is 0.298 e. The minimum atomic E-state index is -0.0355. The van der Waals surface area contributed by atoms with E-state index in [4.69, 9.17) is 11.6 Å². The molecule has 0 bridgehead atoms. The second kappa shape index (κ2) is 8.56. The van der Waals surface area contributed by atoms with E-state index in [9.17, 15) is 4.79 Å². The third kappa shape index (κ3) is 3.59. The molecule has 3 aliphatic rings. The van der Waals surface area contributed by atoms with Crippen LogP contribution >= 0.6 is 11.6 Å². The van der Waals surface area contributed by atoms with E-state index in [1.54, 1.807) is 0 Å². The Labute approximate surface area is 183 Å². The molecule has 1 N–H and O–H groups in total. The van der Waals surface area contributed by atoms with E-state index in [0.29, 0.717) is 17.8 Å². The van der Waals surface area contributed by atoms with Gasteiger partial charge in [0, 0.05) is 25.0 Å². The van der Waals surface area contributed by atoms with Crippen molar-refractivity contribution in [3.8, 4) is 0 Å². The number of piperidine rings is 2. The Kier molecular flexibility index (Phi) is 5.66. The van der Waals surface area contributed by atoms with Crippen molar-refractivity contribution in [3.05, 3.63) is 77.0 Å². The highest BCUT2D eigenvalue weighted by Gasteiger charge is 2.44. The maximum absolute atomic E-state index is 11.8. The zero-order chi connectivity index (χ0) is 20.5. The predicted molar refractivity (Wildman–Crippen MR) is 120 cm³/mol. The second-order valence-electron chi connectivity index (χ2n) is 8.73. The Hall–Kier alpha value is -2.10.